The molecule has 0 radical (unpaired) electrons. The zero-order chi connectivity index (χ0) is 13.1. The molecule has 1 N–H and O–H groups in total. The van der Waals surface area contributed by atoms with Crippen LogP contribution in [0.25, 0.3) is 0 Å². The fourth-order valence-electron chi connectivity index (χ4n) is 2.33. The molecule has 1 atom stereocenters. The summed E-state index contributed by atoms with van der Waals surface area (Å²) in [5.41, 5.74) is 1.29. The molecule has 0 aliphatic carbocycles. The van der Waals surface area contributed by atoms with Crippen LogP contribution in [0.2, 0.25) is 0 Å². The average Bonchev–Trinajstić information content (AvgIpc) is 2.93. The van der Waals surface area contributed by atoms with Gasteiger partial charge < -0.3 is 10.1 Å². The van der Waals surface area contributed by atoms with E-state index in [1.54, 1.807) is 11.3 Å². The van der Waals surface area contributed by atoms with Crippen molar-refractivity contribution in [1.29, 1.82) is 0 Å². The maximum atomic E-state index is 5.83. The van der Waals surface area contributed by atoms with Gasteiger partial charge in [-0.25, -0.2) is 4.98 Å². The van der Waals surface area contributed by atoms with Crippen molar-refractivity contribution in [2.24, 2.45) is 0 Å². The Hall–Kier alpha value is -1.39. The normalized spacial score (nSPS) is 17.8. The van der Waals surface area contributed by atoms with Crippen molar-refractivity contribution in [2.45, 2.75) is 25.8 Å². The van der Waals surface area contributed by atoms with Gasteiger partial charge in [0.1, 0.15) is 5.75 Å². The predicted molar refractivity (Wildman–Crippen MR) is 77.9 cm³/mol. The number of fused-ring (bicyclic) bond motifs is 1. The van der Waals surface area contributed by atoms with Gasteiger partial charge in [0.25, 0.3) is 0 Å². The highest BCUT2D eigenvalue weighted by Crippen LogP contribution is 2.33. The SMILES string of the molecule is CCNCc1cnc(C2COc3ccccc3C2)s1. The lowest BCUT2D eigenvalue weighted by Crippen LogP contribution is -2.18. The van der Waals surface area contributed by atoms with E-state index >= 15 is 0 Å². The van der Waals surface area contributed by atoms with Crippen LogP contribution in [0.1, 0.15) is 28.3 Å². The van der Waals surface area contributed by atoms with Crippen molar-refractivity contribution in [3.63, 3.8) is 0 Å². The van der Waals surface area contributed by atoms with E-state index in [9.17, 15) is 0 Å². The molecule has 100 valence electrons. The Morgan fingerprint density at radius 3 is 3.21 bits per heavy atom. The van der Waals surface area contributed by atoms with Gasteiger partial charge in [0, 0.05) is 23.5 Å². The third-order valence-corrected chi connectivity index (χ3v) is 4.51. The summed E-state index contributed by atoms with van der Waals surface area (Å²) in [5, 5.41) is 4.53. The number of hydrogen-bond donors (Lipinski definition) is 1. The first-order chi connectivity index (χ1) is 9.36. The number of benzene rings is 1. The Balaban J connectivity index is 1.72. The molecule has 1 aliphatic heterocycles. The molecule has 0 saturated heterocycles. The van der Waals surface area contributed by atoms with Gasteiger partial charge in [0.15, 0.2) is 0 Å². The van der Waals surface area contributed by atoms with Gasteiger partial charge in [-0.05, 0) is 24.6 Å². The summed E-state index contributed by atoms with van der Waals surface area (Å²) in [6.07, 6.45) is 3.02. The minimum Gasteiger partial charge on any atom is -0.493 e. The lowest BCUT2D eigenvalue weighted by atomic mass is 9.97. The smallest absolute Gasteiger partial charge is 0.122 e. The average molecular weight is 274 g/mol. The van der Waals surface area contributed by atoms with E-state index in [1.165, 1.54) is 15.4 Å². The van der Waals surface area contributed by atoms with Crippen molar-refractivity contribution in [3.05, 3.63) is 45.9 Å². The molecule has 2 aromatic rings. The third-order valence-electron chi connectivity index (χ3n) is 3.35. The molecule has 1 unspecified atom stereocenters. The number of ether oxygens (including phenoxy) is 1. The molecular formula is C15H18N2OS. The standard InChI is InChI=1S/C15H18N2OS/c1-2-16-8-13-9-17-15(19-13)12-7-11-5-3-4-6-14(11)18-10-12/h3-6,9,12,16H,2,7-8,10H2,1H3. The van der Waals surface area contributed by atoms with Gasteiger partial charge in [-0.3, -0.25) is 0 Å². The van der Waals surface area contributed by atoms with Gasteiger partial charge in [-0.15, -0.1) is 11.3 Å². The summed E-state index contributed by atoms with van der Waals surface area (Å²) in [7, 11) is 0. The van der Waals surface area contributed by atoms with Crippen LogP contribution in [-0.2, 0) is 13.0 Å². The largest absolute Gasteiger partial charge is 0.493 e. The van der Waals surface area contributed by atoms with E-state index in [4.69, 9.17) is 4.74 Å². The molecule has 0 saturated carbocycles. The Morgan fingerprint density at radius 2 is 2.32 bits per heavy atom. The number of hydrogen-bond acceptors (Lipinski definition) is 4. The Bertz CT molecular complexity index is 553. The Labute approximate surface area is 117 Å². The molecule has 3 nitrogen and oxygen atoms in total. The van der Waals surface area contributed by atoms with Crippen molar-refractivity contribution in [1.82, 2.24) is 10.3 Å². The highest BCUT2D eigenvalue weighted by molar-refractivity contribution is 7.11. The van der Waals surface area contributed by atoms with Crippen molar-refractivity contribution >= 4 is 11.3 Å². The van der Waals surface area contributed by atoms with E-state index < -0.39 is 0 Å². The van der Waals surface area contributed by atoms with Crippen LogP contribution >= 0.6 is 11.3 Å². The third kappa shape index (κ3) is 2.80. The number of para-hydroxylation sites is 1. The summed E-state index contributed by atoms with van der Waals surface area (Å²) < 4.78 is 5.83. The number of nitrogens with zero attached hydrogens (tertiary/aromatic N) is 1. The second-order valence-corrected chi connectivity index (χ2v) is 5.91. The molecule has 1 aliphatic rings. The molecule has 19 heavy (non-hydrogen) atoms. The summed E-state index contributed by atoms with van der Waals surface area (Å²) in [4.78, 5) is 5.87. The van der Waals surface area contributed by atoms with Crippen molar-refractivity contribution < 1.29 is 4.74 Å². The van der Waals surface area contributed by atoms with Gasteiger partial charge in [0.2, 0.25) is 0 Å². The quantitative estimate of drug-likeness (QED) is 0.930. The molecule has 0 bridgehead atoms. The Morgan fingerprint density at radius 1 is 1.42 bits per heavy atom. The first-order valence-electron chi connectivity index (χ1n) is 6.73. The van der Waals surface area contributed by atoms with Crippen molar-refractivity contribution in [3.8, 4) is 5.75 Å². The fraction of sp³-hybridized carbons (Fsp3) is 0.400. The van der Waals surface area contributed by atoms with E-state index in [2.05, 4.69) is 29.4 Å². The minimum absolute atomic E-state index is 0.398. The fourth-order valence-corrected chi connectivity index (χ4v) is 3.30. The van der Waals surface area contributed by atoms with E-state index in [0.29, 0.717) is 5.92 Å². The maximum absolute atomic E-state index is 5.83. The molecule has 0 fully saturated rings. The second kappa shape index (κ2) is 5.72. The number of thiazole rings is 1. The summed E-state index contributed by atoms with van der Waals surface area (Å²) in [6, 6.07) is 8.29. The molecule has 3 rings (SSSR count). The molecular weight excluding hydrogens is 256 g/mol. The summed E-state index contributed by atoms with van der Waals surface area (Å²) in [6.45, 7) is 4.77. The second-order valence-electron chi connectivity index (χ2n) is 4.76. The number of rotatable bonds is 4. The van der Waals surface area contributed by atoms with Crippen LogP contribution in [-0.4, -0.2) is 18.1 Å². The van der Waals surface area contributed by atoms with E-state index in [0.717, 1.165) is 31.9 Å². The Kier molecular flexibility index (Phi) is 3.80. The molecule has 0 amide bonds. The van der Waals surface area contributed by atoms with Crippen LogP contribution in [0.15, 0.2) is 30.5 Å². The van der Waals surface area contributed by atoms with Gasteiger partial charge in [-0.2, -0.15) is 0 Å². The first kappa shape index (κ1) is 12.6. The van der Waals surface area contributed by atoms with Gasteiger partial charge in [0.05, 0.1) is 11.6 Å². The van der Waals surface area contributed by atoms with Crippen LogP contribution in [0, 0.1) is 0 Å². The first-order valence-corrected chi connectivity index (χ1v) is 7.54. The van der Waals surface area contributed by atoms with Crippen LogP contribution < -0.4 is 10.1 Å². The van der Waals surface area contributed by atoms with Crippen LogP contribution in [0.3, 0.4) is 0 Å². The number of nitrogens with one attached hydrogen (secondary N) is 1. The zero-order valence-electron chi connectivity index (χ0n) is 11.1. The molecule has 0 spiro atoms. The maximum Gasteiger partial charge on any atom is 0.122 e. The lowest BCUT2D eigenvalue weighted by Gasteiger charge is -2.23. The van der Waals surface area contributed by atoms with E-state index in [-0.39, 0.29) is 0 Å². The molecule has 2 heterocycles. The number of aromatic nitrogens is 1. The lowest BCUT2D eigenvalue weighted by molar-refractivity contribution is 0.262. The minimum atomic E-state index is 0.398. The van der Waals surface area contributed by atoms with Crippen LogP contribution in [0.5, 0.6) is 5.75 Å². The van der Waals surface area contributed by atoms with Crippen LogP contribution in [0.4, 0.5) is 0 Å². The molecule has 4 heteroatoms. The predicted octanol–water partition coefficient (Wildman–Crippen LogP) is 2.97. The zero-order valence-corrected chi connectivity index (χ0v) is 11.9. The van der Waals surface area contributed by atoms with Gasteiger partial charge in [-0.1, -0.05) is 25.1 Å². The highest BCUT2D eigenvalue weighted by Gasteiger charge is 2.23. The monoisotopic (exact) mass is 274 g/mol. The molecule has 1 aromatic carbocycles. The summed E-state index contributed by atoms with van der Waals surface area (Å²) >= 11 is 1.80. The topological polar surface area (TPSA) is 34.2 Å². The van der Waals surface area contributed by atoms with E-state index in [1.807, 2.05) is 18.3 Å². The van der Waals surface area contributed by atoms with Gasteiger partial charge >= 0.3 is 0 Å². The summed E-state index contributed by atoms with van der Waals surface area (Å²) in [5.74, 6) is 1.43. The van der Waals surface area contributed by atoms with Crippen molar-refractivity contribution in [2.75, 3.05) is 13.2 Å². The highest BCUT2D eigenvalue weighted by atomic mass is 32.1. The molecule has 1 aromatic heterocycles.